The number of thioether (sulfide) groups is 1. The van der Waals surface area contributed by atoms with E-state index < -0.39 is 0 Å². The molecular formula is C13H26N2S. The molecule has 1 rings (SSSR count). The fourth-order valence-electron chi connectivity index (χ4n) is 1.58. The summed E-state index contributed by atoms with van der Waals surface area (Å²) in [4.78, 5) is 2.47. The molecule has 2 nitrogen and oxygen atoms in total. The third kappa shape index (κ3) is 6.56. The van der Waals surface area contributed by atoms with E-state index in [-0.39, 0.29) is 0 Å². The second-order valence-corrected chi connectivity index (χ2v) is 5.59. The molecule has 1 fully saturated rings. The summed E-state index contributed by atoms with van der Waals surface area (Å²) in [6.45, 7) is 13.1. The van der Waals surface area contributed by atoms with Crippen molar-refractivity contribution in [3.8, 4) is 0 Å². The van der Waals surface area contributed by atoms with Crippen LogP contribution in [0.25, 0.3) is 0 Å². The van der Waals surface area contributed by atoms with Crippen LogP contribution in [0.15, 0.2) is 12.2 Å². The molecule has 1 aliphatic carbocycles. The number of rotatable bonds is 10. The Hall–Kier alpha value is 0.01000. The second-order valence-electron chi connectivity index (χ2n) is 4.48. The third-order valence-electron chi connectivity index (χ3n) is 2.97. The molecule has 1 N–H and O–H groups in total. The average Bonchev–Trinajstić information content (AvgIpc) is 3.10. The number of nitrogens with one attached hydrogen (secondary N) is 1. The highest BCUT2D eigenvalue weighted by Crippen LogP contribution is 2.19. The Labute approximate surface area is 105 Å². The van der Waals surface area contributed by atoms with Crippen molar-refractivity contribution in [2.45, 2.75) is 32.7 Å². The van der Waals surface area contributed by atoms with Crippen molar-refractivity contribution >= 4 is 11.8 Å². The highest BCUT2D eigenvalue weighted by molar-refractivity contribution is 7.99. The van der Waals surface area contributed by atoms with Crippen molar-refractivity contribution < 1.29 is 0 Å². The van der Waals surface area contributed by atoms with Crippen LogP contribution in [0.5, 0.6) is 0 Å². The van der Waals surface area contributed by atoms with E-state index in [0.717, 1.165) is 18.3 Å². The molecule has 3 heteroatoms. The smallest absolute Gasteiger partial charge is 0.0172 e. The van der Waals surface area contributed by atoms with Crippen LogP contribution in [0.1, 0.15) is 26.7 Å². The zero-order valence-electron chi connectivity index (χ0n) is 10.8. The van der Waals surface area contributed by atoms with Gasteiger partial charge in [-0.25, -0.2) is 0 Å². The van der Waals surface area contributed by atoms with Gasteiger partial charge in [-0.1, -0.05) is 26.0 Å². The molecule has 0 atom stereocenters. The molecule has 0 aromatic rings. The second kappa shape index (κ2) is 8.15. The van der Waals surface area contributed by atoms with Crippen molar-refractivity contribution in [1.82, 2.24) is 10.2 Å². The molecule has 1 saturated carbocycles. The summed E-state index contributed by atoms with van der Waals surface area (Å²) in [7, 11) is 0. The van der Waals surface area contributed by atoms with Crippen molar-refractivity contribution in [2.75, 3.05) is 37.7 Å². The van der Waals surface area contributed by atoms with Gasteiger partial charge < -0.3 is 10.2 Å². The fourth-order valence-corrected chi connectivity index (χ4v) is 2.50. The summed E-state index contributed by atoms with van der Waals surface area (Å²) in [5.41, 5.74) is 1.34. The molecule has 0 aromatic carbocycles. The Morgan fingerprint density at radius 2 is 2.06 bits per heavy atom. The molecule has 0 aliphatic heterocycles. The molecule has 0 aromatic heterocycles. The quantitative estimate of drug-likeness (QED) is 0.468. The minimum atomic E-state index is 0.803. The molecule has 0 spiro atoms. The van der Waals surface area contributed by atoms with E-state index >= 15 is 0 Å². The largest absolute Gasteiger partial charge is 0.310 e. The van der Waals surface area contributed by atoms with Gasteiger partial charge in [-0.3, -0.25) is 0 Å². The van der Waals surface area contributed by atoms with Crippen molar-refractivity contribution in [3.63, 3.8) is 0 Å². The lowest BCUT2D eigenvalue weighted by Crippen LogP contribution is -2.25. The lowest BCUT2D eigenvalue weighted by Gasteiger charge is -2.17. The Morgan fingerprint density at radius 3 is 2.62 bits per heavy atom. The summed E-state index contributed by atoms with van der Waals surface area (Å²) < 4.78 is 0. The maximum Gasteiger partial charge on any atom is 0.0172 e. The monoisotopic (exact) mass is 242 g/mol. The zero-order valence-corrected chi connectivity index (χ0v) is 11.6. The molecule has 16 heavy (non-hydrogen) atoms. The first kappa shape index (κ1) is 14.1. The zero-order chi connectivity index (χ0) is 11.8. The van der Waals surface area contributed by atoms with Gasteiger partial charge in [0.15, 0.2) is 0 Å². The highest BCUT2D eigenvalue weighted by atomic mass is 32.2. The maximum atomic E-state index is 4.11. The minimum Gasteiger partial charge on any atom is -0.310 e. The van der Waals surface area contributed by atoms with Crippen LogP contribution >= 0.6 is 11.8 Å². The lowest BCUT2D eigenvalue weighted by molar-refractivity contribution is 0.324. The Balaban J connectivity index is 1.90. The van der Waals surface area contributed by atoms with E-state index in [9.17, 15) is 0 Å². The van der Waals surface area contributed by atoms with Gasteiger partial charge in [0, 0.05) is 30.6 Å². The molecule has 0 bridgehead atoms. The van der Waals surface area contributed by atoms with Crippen LogP contribution < -0.4 is 5.32 Å². The predicted octanol–water partition coefficient (Wildman–Crippen LogP) is 2.37. The van der Waals surface area contributed by atoms with Crippen LogP contribution in [0.4, 0.5) is 0 Å². The first-order valence-electron chi connectivity index (χ1n) is 6.46. The summed E-state index contributed by atoms with van der Waals surface area (Å²) in [6, 6.07) is 0.803. The molecule has 0 amide bonds. The van der Waals surface area contributed by atoms with E-state index in [1.165, 1.54) is 43.8 Å². The average molecular weight is 242 g/mol. The van der Waals surface area contributed by atoms with E-state index in [0.29, 0.717) is 0 Å². The van der Waals surface area contributed by atoms with Crippen LogP contribution in [-0.4, -0.2) is 48.6 Å². The number of hydrogen-bond acceptors (Lipinski definition) is 3. The maximum absolute atomic E-state index is 4.11. The van der Waals surface area contributed by atoms with Gasteiger partial charge in [0.05, 0.1) is 0 Å². The first-order chi connectivity index (χ1) is 7.76. The van der Waals surface area contributed by atoms with Gasteiger partial charge in [0.2, 0.25) is 0 Å². The predicted molar refractivity (Wildman–Crippen MR) is 75.3 cm³/mol. The van der Waals surface area contributed by atoms with Gasteiger partial charge in [0.25, 0.3) is 0 Å². The Morgan fingerprint density at radius 1 is 1.38 bits per heavy atom. The number of nitrogens with zero attached hydrogens (tertiary/aromatic N) is 1. The fraction of sp³-hybridized carbons (Fsp3) is 0.846. The van der Waals surface area contributed by atoms with Gasteiger partial charge in [-0.15, -0.1) is 0 Å². The van der Waals surface area contributed by atoms with E-state index in [1.807, 2.05) is 11.8 Å². The van der Waals surface area contributed by atoms with Gasteiger partial charge >= 0.3 is 0 Å². The third-order valence-corrected chi connectivity index (χ3v) is 4.05. The molecule has 0 radical (unpaired) electrons. The molecule has 0 heterocycles. The topological polar surface area (TPSA) is 15.3 Å². The van der Waals surface area contributed by atoms with Crippen molar-refractivity contribution in [1.29, 1.82) is 0 Å². The van der Waals surface area contributed by atoms with Crippen LogP contribution in [0, 0.1) is 0 Å². The van der Waals surface area contributed by atoms with Crippen molar-refractivity contribution in [2.24, 2.45) is 0 Å². The van der Waals surface area contributed by atoms with Crippen molar-refractivity contribution in [3.05, 3.63) is 12.2 Å². The van der Waals surface area contributed by atoms with Gasteiger partial charge in [-0.2, -0.15) is 11.8 Å². The van der Waals surface area contributed by atoms with E-state index in [1.54, 1.807) is 0 Å². The van der Waals surface area contributed by atoms with E-state index in [2.05, 4.69) is 30.6 Å². The van der Waals surface area contributed by atoms with E-state index in [4.69, 9.17) is 0 Å². The lowest BCUT2D eigenvalue weighted by atomic mass is 10.3. The molecule has 1 aliphatic rings. The standard InChI is InChI=1S/C13H26N2S/c1-4-15(5-2)8-9-16-11-12(3)10-14-13-6-7-13/h13-14H,3-11H2,1-2H3. The SMILES string of the molecule is C=C(CNC1CC1)CSCCN(CC)CC. The molecular weight excluding hydrogens is 216 g/mol. The Kier molecular flexibility index (Phi) is 7.17. The first-order valence-corrected chi connectivity index (χ1v) is 7.61. The molecule has 0 unspecified atom stereocenters. The van der Waals surface area contributed by atoms with Gasteiger partial charge in [-0.05, 0) is 25.9 Å². The number of hydrogen-bond donors (Lipinski definition) is 1. The summed E-state index contributed by atoms with van der Waals surface area (Å²) in [5, 5.41) is 3.51. The summed E-state index contributed by atoms with van der Waals surface area (Å²) >= 11 is 2.01. The Bertz CT molecular complexity index is 198. The normalized spacial score (nSPS) is 15.7. The molecule has 0 saturated heterocycles. The highest BCUT2D eigenvalue weighted by Gasteiger charge is 2.19. The van der Waals surface area contributed by atoms with Crippen LogP contribution in [0.3, 0.4) is 0 Å². The van der Waals surface area contributed by atoms with Crippen LogP contribution in [-0.2, 0) is 0 Å². The minimum absolute atomic E-state index is 0.803. The van der Waals surface area contributed by atoms with Gasteiger partial charge in [0.1, 0.15) is 0 Å². The summed E-state index contributed by atoms with van der Waals surface area (Å²) in [5.74, 6) is 2.34. The summed E-state index contributed by atoms with van der Waals surface area (Å²) in [6.07, 6.45) is 2.73. The molecule has 94 valence electrons. The van der Waals surface area contributed by atoms with Crippen LogP contribution in [0.2, 0.25) is 0 Å².